The number of alkyl halides is 4. The predicted molar refractivity (Wildman–Crippen MR) is 165 cm³/mol. The Morgan fingerprint density at radius 3 is 1.06 bits per heavy atom. The Kier molecular flexibility index (Phi) is 11.0. The van der Waals surface area contributed by atoms with Crippen LogP contribution in [0.3, 0.4) is 0 Å². The van der Waals surface area contributed by atoms with Crippen LogP contribution in [0.15, 0.2) is 42.2 Å². The first-order chi connectivity index (χ1) is 14.1. The van der Waals surface area contributed by atoms with Crippen molar-refractivity contribution in [2.75, 3.05) is 10.7 Å². The second kappa shape index (κ2) is 11.6. The van der Waals surface area contributed by atoms with Gasteiger partial charge in [-0.05, 0) is 73.2 Å². The second-order valence-electron chi connectivity index (χ2n) is 8.91. The monoisotopic (exact) mass is 932 g/mol. The Balaban J connectivity index is 2.48. The molecule has 0 spiro atoms. The molecule has 0 heterocycles. The molecule has 0 aliphatic carbocycles. The second-order valence-corrected chi connectivity index (χ2v) is 17.3. The molecule has 0 nitrogen and oxygen atoms in total. The summed E-state index contributed by atoms with van der Waals surface area (Å²) in [5, 5.41) is 1.76. The molecule has 0 fully saturated rings. The topological polar surface area (TPSA) is 0 Å². The van der Waals surface area contributed by atoms with E-state index < -0.39 is 0 Å². The van der Waals surface area contributed by atoms with Crippen molar-refractivity contribution in [1.82, 2.24) is 0 Å². The molecule has 0 aliphatic rings. The SMILES string of the molecule is CC(Br)(CBr)Cc1c(Br)cc(C(C)(C)c2cc(Br)c(CC(C)(Br)CBr)c(Br)c2)cc1Br. The van der Waals surface area contributed by atoms with Gasteiger partial charge in [0.15, 0.2) is 0 Å². The zero-order chi connectivity index (χ0) is 23.8. The first-order valence-corrected chi connectivity index (χ1v) is 16.6. The summed E-state index contributed by atoms with van der Waals surface area (Å²) in [6.07, 6.45) is 1.82. The fourth-order valence-electron chi connectivity index (χ4n) is 3.26. The van der Waals surface area contributed by atoms with Crippen LogP contribution >= 0.6 is 127 Å². The van der Waals surface area contributed by atoms with E-state index in [1.165, 1.54) is 22.3 Å². The zero-order valence-electron chi connectivity index (χ0n) is 17.7. The maximum atomic E-state index is 3.83. The number of hydrogen-bond donors (Lipinski definition) is 0. The Bertz CT molecular complexity index is 825. The lowest BCUT2D eigenvalue weighted by Gasteiger charge is -2.30. The molecule has 172 valence electrons. The van der Waals surface area contributed by atoms with Gasteiger partial charge in [0.2, 0.25) is 0 Å². The molecule has 8 heteroatoms. The number of benzene rings is 2. The smallest absolute Gasteiger partial charge is 0.0367 e. The largest absolute Gasteiger partial charge is 0.0913 e. The first-order valence-electron chi connectivity index (χ1n) is 9.60. The van der Waals surface area contributed by atoms with Crippen molar-refractivity contribution in [3.63, 3.8) is 0 Å². The van der Waals surface area contributed by atoms with E-state index in [-0.39, 0.29) is 14.1 Å². The Morgan fingerprint density at radius 1 is 0.581 bits per heavy atom. The summed E-state index contributed by atoms with van der Waals surface area (Å²) in [6, 6.07) is 9.03. The molecule has 31 heavy (non-hydrogen) atoms. The Morgan fingerprint density at radius 2 is 0.839 bits per heavy atom. The molecule has 0 aliphatic heterocycles. The highest BCUT2D eigenvalue weighted by molar-refractivity contribution is 9.13. The Hall–Kier alpha value is 2.28. The van der Waals surface area contributed by atoms with Crippen molar-refractivity contribution in [3.8, 4) is 0 Å². The number of hydrogen-bond acceptors (Lipinski definition) is 0. The lowest BCUT2D eigenvalue weighted by molar-refractivity contribution is 0.636. The van der Waals surface area contributed by atoms with Crippen LogP contribution in [0, 0.1) is 0 Å². The van der Waals surface area contributed by atoms with E-state index in [0.29, 0.717) is 0 Å². The van der Waals surface area contributed by atoms with Crippen LogP contribution in [-0.2, 0) is 18.3 Å². The molecule has 2 aromatic carbocycles. The normalized spacial score (nSPS) is 16.1. The fraction of sp³-hybridized carbons (Fsp3) is 0.478. The van der Waals surface area contributed by atoms with E-state index in [4.69, 9.17) is 0 Å². The zero-order valence-corrected chi connectivity index (χ0v) is 30.3. The van der Waals surface area contributed by atoms with Crippen molar-refractivity contribution in [2.45, 2.75) is 54.6 Å². The average molecular weight is 940 g/mol. The van der Waals surface area contributed by atoms with Gasteiger partial charge < -0.3 is 0 Å². The summed E-state index contributed by atoms with van der Waals surface area (Å²) < 4.78 is 4.49. The molecule has 0 amide bonds. The van der Waals surface area contributed by atoms with Crippen LogP contribution in [0.2, 0.25) is 0 Å². The van der Waals surface area contributed by atoms with Gasteiger partial charge in [-0.25, -0.2) is 0 Å². The maximum Gasteiger partial charge on any atom is 0.0367 e. The van der Waals surface area contributed by atoms with Crippen LogP contribution in [0.4, 0.5) is 0 Å². The van der Waals surface area contributed by atoms with E-state index in [1.807, 2.05) is 0 Å². The quantitative estimate of drug-likeness (QED) is 0.231. The third-order valence-electron chi connectivity index (χ3n) is 5.37. The molecule has 0 N–H and O–H groups in total. The summed E-state index contributed by atoms with van der Waals surface area (Å²) in [5.41, 5.74) is 4.86. The minimum Gasteiger partial charge on any atom is -0.0913 e. The molecule has 0 aromatic heterocycles. The van der Waals surface area contributed by atoms with Crippen molar-refractivity contribution >= 4 is 127 Å². The highest BCUT2D eigenvalue weighted by atomic mass is 79.9. The van der Waals surface area contributed by atoms with Crippen LogP contribution in [0.5, 0.6) is 0 Å². The summed E-state index contributed by atoms with van der Waals surface area (Å²) in [5.74, 6) is 0. The summed E-state index contributed by atoms with van der Waals surface area (Å²) in [6.45, 7) is 8.94. The average Bonchev–Trinajstić information content (AvgIpc) is 2.67. The number of halogens is 8. The van der Waals surface area contributed by atoms with Gasteiger partial charge in [0.05, 0.1) is 0 Å². The van der Waals surface area contributed by atoms with E-state index in [9.17, 15) is 0 Å². The highest BCUT2D eigenvalue weighted by Gasteiger charge is 2.29. The molecular weight excluding hydrogens is 915 g/mol. The predicted octanol–water partition coefficient (Wildman–Crippen LogP) is 11.2. The Labute approximate surface area is 253 Å². The fourth-order valence-corrected chi connectivity index (χ4v) is 7.15. The number of rotatable bonds is 8. The van der Waals surface area contributed by atoms with Gasteiger partial charge in [-0.15, -0.1) is 0 Å². The molecule has 0 bridgehead atoms. The lowest BCUT2D eigenvalue weighted by Crippen LogP contribution is -2.23. The molecule has 2 aromatic rings. The highest BCUT2D eigenvalue weighted by Crippen LogP contribution is 2.42. The summed E-state index contributed by atoms with van der Waals surface area (Å²) in [4.78, 5) is 0. The van der Waals surface area contributed by atoms with Gasteiger partial charge in [-0.2, -0.15) is 0 Å². The van der Waals surface area contributed by atoms with Gasteiger partial charge in [-0.3, -0.25) is 0 Å². The van der Waals surface area contributed by atoms with E-state index >= 15 is 0 Å². The first kappa shape index (κ1) is 29.5. The maximum absolute atomic E-state index is 3.83. The molecule has 2 atom stereocenters. The third-order valence-corrected chi connectivity index (χ3v) is 13.3. The molecule has 0 saturated heterocycles. The van der Waals surface area contributed by atoms with E-state index in [0.717, 1.165) is 41.4 Å². The molecular formula is C23H24Br8. The van der Waals surface area contributed by atoms with Gasteiger partial charge in [0.25, 0.3) is 0 Å². The van der Waals surface area contributed by atoms with Crippen molar-refractivity contribution < 1.29 is 0 Å². The van der Waals surface area contributed by atoms with Gasteiger partial charge in [-0.1, -0.05) is 141 Å². The van der Waals surface area contributed by atoms with E-state index in [2.05, 4.69) is 179 Å². The molecule has 0 saturated carbocycles. The van der Waals surface area contributed by atoms with Gasteiger partial charge >= 0.3 is 0 Å². The molecule has 2 rings (SSSR count). The minimum atomic E-state index is -0.173. The van der Waals surface area contributed by atoms with Crippen LogP contribution in [-0.4, -0.2) is 19.3 Å². The standard InChI is InChI=1S/C23H24Br8/c1-21(2,13-5-17(26)15(18(27)6-13)9-22(3,30)11-24)14-7-19(28)16(20(29)8-14)10-23(4,31)12-25/h5-8H,9-12H2,1-4H3. The van der Waals surface area contributed by atoms with Crippen molar-refractivity contribution in [2.24, 2.45) is 0 Å². The summed E-state index contributed by atoms with van der Waals surface area (Å²) in [7, 11) is 0. The van der Waals surface area contributed by atoms with Crippen molar-refractivity contribution in [3.05, 3.63) is 64.4 Å². The van der Waals surface area contributed by atoms with Crippen LogP contribution in [0.25, 0.3) is 0 Å². The molecule has 0 radical (unpaired) electrons. The minimum absolute atomic E-state index is 0.000315. The van der Waals surface area contributed by atoms with Gasteiger partial charge in [0, 0.05) is 42.6 Å². The molecule has 2 unspecified atom stereocenters. The lowest BCUT2D eigenvalue weighted by atomic mass is 9.77. The third kappa shape index (κ3) is 7.63. The summed E-state index contributed by atoms with van der Waals surface area (Å²) >= 11 is 30.2. The van der Waals surface area contributed by atoms with Gasteiger partial charge in [0.1, 0.15) is 0 Å². The van der Waals surface area contributed by atoms with Crippen LogP contribution in [0.1, 0.15) is 49.9 Å². The van der Waals surface area contributed by atoms with Crippen LogP contribution < -0.4 is 0 Å². The van der Waals surface area contributed by atoms with E-state index in [1.54, 1.807) is 0 Å². The van der Waals surface area contributed by atoms with Crippen molar-refractivity contribution in [1.29, 1.82) is 0 Å².